The molecule has 0 aromatic heterocycles. The van der Waals surface area contributed by atoms with Gasteiger partial charge in [0.05, 0.1) is 0 Å². The molecule has 1 unspecified atom stereocenters. The first kappa shape index (κ1) is 15.5. The van der Waals surface area contributed by atoms with E-state index < -0.39 is 0 Å². The minimum atomic E-state index is 0.123. The van der Waals surface area contributed by atoms with Crippen LogP contribution in [0.2, 0.25) is 0 Å². The van der Waals surface area contributed by atoms with Crippen LogP contribution in [0, 0.1) is 5.92 Å². The Hall–Kier alpha value is -0.860. The molecule has 0 heterocycles. The van der Waals surface area contributed by atoms with E-state index in [1.54, 1.807) is 0 Å². The van der Waals surface area contributed by atoms with E-state index in [0.717, 1.165) is 12.5 Å². The monoisotopic (exact) mass is 274 g/mol. The fourth-order valence-electron chi connectivity index (χ4n) is 2.61. The van der Waals surface area contributed by atoms with Gasteiger partial charge in [0.25, 0.3) is 0 Å². The van der Waals surface area contributed by atoms with Gasteiger partial charge in [-0.25, -0.2) is 0 Å². The summed E-state index contributed by atoms with van der Waals surface area (Å²) in [6.07, 6.45) is 2.81. The fraction of sp³-hybridized carbons (Fsp3) is 0.667. The maximum atomic E-state index is 6.41. The average Bonchev–Trinajstić information content (AvgIpc) is 3.21. The summed E-state index contributed by atoms with van der Waals surface area (Å²) in [7, 11) is 0. The van der Waals surface area contributed by atoms with Gasteiger partial charge in [0.15, 0.2) is 0 Å². The van der Waals surface area contributed by atoms with E-state index in [1.165, 1.54) is 30.5 Å². The van der Waals surface area contributed by atoms with Gasteiger partial charge in [-0.3, -0.25) is 4.90 Å². The summed E-state index contributed by atoms with van der Waals surface area (Å²) < 4.78 is 0. The van der Waals surface area contributed by atoms with E-state index >= 15 is 0 Å². The second kappa shape index (κ2) is 6.73. The highest BCUT2D eigenvalue weighted by atomic mass is 15.2. The van der Waals surface area contributed by atoms with Gasteiger partial charge in [0.1, 0.15) is 0 Å². The van der Waals surface area contributed by atoms with Crippen LogP contribution < -0.4 is 5.73 Å². The minimum absolute atomic E-state index is 0.123. The third-order valence-electron chi connectivity index (χ3n) is 4.38. The van der Waals surface area contributed by atoms with Crippen LogP contribution in [0.25, 0.3) is 0 Å². The summed E-state index contributed by atoms with van der Waals surface area (Å²) in [6.45, 7) is 11.2. The van der Waals surface area contributed by atoms with Crippen molar-refractivity contribution in [2.24, 2.45) is 11.7 Å². The quantitative estimate of drug-likeness (QED) is 0.816. The standard InChI is InChI=1S/C18H30N2/c1-13(2)16-7-9-17(10-8-16)18(19)12-20(14(3)4)11-15-5-6-15/h7-10,13-15,18H,5-6,11-12,19H2,1-4H3. The van der Waals surface area contributed by atoms with Crippen molar-refractivity contribution in [1.82, 2.24) is 4.90 Å². The molecule has 2 N–H and O–H groups in total. The van der Waals surface area contributed by atoms with Crippen molar-refractivity contribution in [3.05, 3.63) is 35.4 Å². The Morgan fingerprint density at radius 3 is 2.05 bits per heavy atom. The van der Waals surface area contributed by atoms with Gasteiger partial charge in [0.2, 0.25) is 0 Å². The third kappa shape index (κ3) is 4.32. The molecule has 0 aliphatic heterocycles. The van der Waals surface area contributed by atoms with E-state index in [1.807, 2.05) is 0 Å². The zero-order valence-electron chi connectivity index (χ0n) is 13.5. The van der Waals surface area contributed by atoms with Gasteiger partial charge in [-0.05, 0) is 49.7 Å². The van der Waals surface area contributed by atoms with Gasteiger partial charge >= 0.3 is 0 Å². The zero-order valence-corrected chi connectivity index (χ0v) is 13.5. The van der Waals surface area contributed by atoms with E-state index in [9.17, 15) is 0 Å². The third-order valence-corrected chi connectivity index (χ3v) is 4.38. The lowest BCUT2D eigenvalue weighted by atomic mass is 9.99. The first-order chi connectivity index (χ1) is 9.47. The fourth-order valence-corrected chi connectivity index (χ4v) is 2.61. The molecule has 1 aromatic rings. The van der Waals surface area contributed by atoms with E-state index in [4.69, 9.17) is 5.73 Å². The van der Waals surface area contributed by atoms with Gasteiger partial charge in [0, 0.05) is 25.2 Å². The Bertz CT molecular complexity index is 404. The van der Waals surface area contributed by atoms with Crippen LogP contribution >= 0.6 is 0 Å². The highest BCUT2D eigenvalue weighted by molar-refractivity contribution is 5.26. The summed E-state index contributed by atoms with van der Waals surface area (Å²) in [5, 5.41) is 0. The Balaban J connectivity index is 1.96. The van der Waals surface area contributed by atoms with Crippen LogP contribution in [0.1, 0.15) is 63.6 Å². The predicted octanol–water partition coefficient (Wildman–Crippen LogP) is 3.93. The molecule has 0 saturated heterocycles. The van der Waals surface area contributed by atoms with Crippen molar-refractivity contribution in [3.63, 3.8) is 0 Å². The van der Waals surface area contributed by atoms with Crippen molar-refractivity contribution < 1.29 is 0 Å². The van der Waals surface area contributed by atoms with Crippen LogP contribution in [-0.4, -0.2) is 24.0 Å². The van der Waals surface area contributed by atoms with Gasteiger partial charge in [-0.1, -0.05) is 38.1 Å². The molecule has 1 aliphatic rings. The van der Waals surface area contributed by atoms with Crippen molar-refractivity contribution in [1.29, 1.82) is 0 Å². The number of hydrogen-bond acceptors (Lipinski definition) is 2. The number of benzene rings is 1. The molecular formula is C18H30N2. The molecule has 1 atom stereocenters. The molecule has 2 nitrogen and oxygen atoms in total. The van der Waals surface area contributed by atoms with Crippen molar-refractivity contribution in [2.45, 2.75) is 58.5 Å². The molecule has 0 amide bonds. The molecule has 0 bridgehead atoms. The Labute approximate surface area is 124 Å². The van der Waals surface area contributed by atoms with E-state index in [-0.39, 0.29) is 6.04 Å². The lowest BCUT2D eigenvalue weighted by Gasteiger charge is -2.29. The molecular weight excluding hydrogens is 244 g/mol. The summed E-state index contributed by atoms with van der Waals surface area (Å²) in [5.41, 5.74) is 9.06. The molecule has 2 rings (SSSR count). The van der Waals surface area contributed by atoms with Gasteiger partial charge in [-0.2, -0.15) is 0 Å². The normalized spacial score (nSPS) is 17.2. The molecule has 20 heavy (non-hydrogen) atoms. The SMILES string of the molecule is CC(C)c1ccc(C(N)CN(CC2CC2)C(C)C)cc1. The van der Waals surface area contributed by atoms with Crippen LogP contribution in [-0.2, 0) is 0 Å². The van der Waals surface area contributed by atoms with Crippen LogP contribution in [0.4, 0.5) is 0 Å². The molecule has 112 valence electrons. The highest BCUT2D eigenvalue weighted by Crippen LogP contribution is 2.30. The maximum Gasteiger partial charge on any atom is 0.0424 e. The van der Waals surface area contributed by atoms with Crippen molar-refractivity contribution in [2.75, 3.05) is 13.1 Å². The second-order valence-corrected chi connectivity index (χ2v) is 6.92. The smallest absolute Gasteiger partial charge is 0.0424 e. The molecule has 1 fully saturated rings. The van der Waals surface area contributed by atoms with Crippen LogP contribution in [0.3, 0.4) is 0 Å². The molecule has 1 aliphatic carbocycles. The molecule has 1 aromatic carbocycles. The molecule has 0 spiro atoms. The lowest BCUT2D eigenvalue weighted by Crippen LogP contribution is -2.38. The average molecular weight is 274 g/mol. The van der Waals surface area contributed by atoms with Crippen molar-refractivity contribution >= 4 is 0 Å². The number of hydrogen-bond donors (Lipinski definition) is 1. The molecule has 1 saturated carbocycles. The summed E-state index contributed by atoms with van der Waals surface area (Å²) >= 11 is 0. The first-order valence-electron chi connectivity index (χ1n) is 8.07. The van der Waals surface area contributed by atoms with Crippen LogP contribution in [0.5, 0.6) is 0 Å². The van der Waals surface area contributed by atoms with E-state index in [0.29, 0.717) is 12.0 Å². The number of nitrogens with zero attached hydrogens (tertiary/aromatic N) is 1. The van der Waals surface area contributed by atoms with E-state index in [2.05, 4.69) is 56.9 Å². The topological polar surface area (TPSA) is 29.3 Å². The van der Waals surface area contributed by atoms with Gasteiger partial charge < -0.3 is 5.73 Å². The summed E-state index contributed by atoms with van der Waals surface area (Å²) in [4.78, 5) is 2.54. The summed E-state index contributed by atoms with van der Waals surface area (Å²) in [6, 6.07) is 9.56. The minimum Gasteiger partial charge on any atom is -0.323 e. The second-order valence-electron chi connectivity index (χ2n) is 6.92. The highest BCUT2D eigenvalue weighted by Gasteiger charge is 2.26. The lowest BCUT2D eigenvalue weighted by molar-refractivity contribution is 0.200. The largest absolute Gasteiger partial charge is 0.323 e. The maximum absolute atomic E-state index is 6.41. The molecule has 0 radical (unpaired) electrons. The van der Waals surface area contributed by atoms with Gasteiger partial charge in [-0.15, -0.1) is 0 Å². The number of rotatable bonds is 7. The Morgan fingerprint density at radius 2 is 1.60 bits per heavy atom. The van der Waals surface area contributed by atoms with Crippen molar-refractivity contribution in [3.8, 4) is 0 Å². The van der Waals surface area contributed by atoms with Crippen LogP contribution in [0.15, 0.2) is 24.3 Å². The Kier molecular flexibility index (Phi) is 5.22. The predicted molar refractivity (Wildman–Crippen MR) is 86.9 cm³/mol. The first-order valence-corrected chi connectivity index (χ1v) is 8.07. The zero-order chi connectivity index (χ0) is 14.7. The molecule has 2 heteroatoms. The Morgan fingerprint density at radius 1 is 1.05 bits per heavy atom. The number of nitrogens with two attached hydrogens (primary N) is 1. The summed E-state index contributed by atoms with van der Waals surface area (Å²) in [5.74, 6) is 1.51.